The largest absolute Gasteiger partial charge is 0.506 e. The molecular weight excluding hydrogens is 234 g/mol. The van der Waals surface area contributed by atoms with Crippen molar-refractivity contribution in [3.63, 3.8) is 0 Å². The van der Waals surface area contributed by atoms with E-state index in [0.29, 0.717) is 12.3 Å². The van der Waals surface area contributed by atoms with E-state index in [2.05, 4.69) is 10.1 Å². The molecule has 0 atom stereocenters. The van der Waals surface area contributed by atoms with E-state index >= 15 is 0 Å². The summed E-state index contributed by atoms with van der Waals surface area (Å²) in [4.78, 5) is 15.3. The van der Waals surface area contributed by atoms with E-state index < -0.39 is 0 Å². The molecule has 2 rings (SSSR count). The van der Waals surface area contributed by atoms with E-state index in [0.717, 1.165) is 5.56 Å². The van der Waals surface area contributed by atoms with Gasteiger partial charge in [-0.15, -0.1) is 0 Å². The molecule has 0 aliphatic heterocycles. The molecule has 6 nitrogen and oxygen atoms in total. The summed E-state index contributed by atoms with van der Waals surface area (Å²) < 4.78 is 6.32. The summed E-state index contributed by atoms with van der Waals surface area (Å²) in [7, 11) is 0. The van der Waals surface area contributed by atoms with Crippen molar-refractivity contribution in [2.45, 2.75) is 13.5 Å². The summed E-state index contributed by atoms with van der Waals surface area (Å²) in [6.45, 7) is 2.19. The number of carbonyl (C=O) groups excluding carboxylic acids is 1. The van der Waals surface area contributed by atoms with Crippen molar-refractivity contribution in [1.29, 1.82) is 0 Å². The summed E-state index contributed by atoms with van der Waals surface area (Å²) in [5.74, 6) is -0.219. The van der Waals surface area contributed by atoms with E-state index in [-0.39, 0.29) is 18.3 Å². The lowest BCUT2D eigenvalue weighted by Crippen LogP contribution is -2.13. The van der Waals surface area contributed by atoms with Gasteiger partial charge in [0.25, 0.3) is 0 Å². The highest BCUT2D eigenvalue weighted by Gasteiger charge is 2.07. The SMILES string of the molecule is CCOC(=O)Cn1cc(-c2ccc(O)cn2)cn1. The maximum Gasteiger partial charge on any atom is 0.327 e. The van der Waals surface area contributed by atoms with Crippen LogP contribution >= 0.6 is 0 Å². The maximum absolute atomic E-state index is 11.3. The Labute approximate surface area is 104 Å². The minimum absolute atomic E-state index is 0.0753. The fourth-order valence-electron chi connectivity index (χ4n) is 1.48. The Balaban J connectivity index is 2.10. The van der Waals surface area contributed by atoms with Crippen LogP contribution in [0.2, 0.25) is 0 Å². The van der Waals surface area contributed by atoms with Crippen molar-refractivity contribution < 1.29 is 14.6 Å². The first-order valence-corrected chi connectivity index (χ1v) is 5.52. The molecule has 6 heteroatoms. The van der Waals surface area contributed by atoms with Gasteiger partial charge in [0.05, 0.1) is 24.7 Å². The molecule has 94 valence electrons. The molecule has 0 aliphatic carbocycles. The molecule has 1 N–H and O–H groups in total. The molecule has 2 aromatic heterocycles. The van der Waals surface area contributed by atoms with Crippen LogP contribution in [0.15, 0.2) is 30.7 Å². The average molecular weight is 247 g/mol. The Morgan fingerprint density at radius 3 is 2.94 bits per heavy atom. The Hall–Kier alpha value is -2.37. The number of ether oxygens (including phenoxy) is 1. The lowest BCUT2D eigenvalue weighted by molar-refractivity contribution is -0.144. The molecule has 0 saturated heterocycles. The summed E-state index contributed by atoms with van der Waals surface area (Å²) >= 11 is 0. The van der Waals surface area contributed by atoms with Crippen molar-refractivity contribution >= 4 is 5.97 Å². The Morgan fingerprint density at radius 2 is 2.28 bits per heavy atom. The molecule has 2 heterocycles. The summed E-state index contributed by atoms with van der Waals surface area (Å²) in [5.41, 5.74) is 1.46. The molecule has 0 bridgehead atoms. The number of hydrogen-bond donors (Lipinski definition) is 1. The van der Waals surface area contributed by atoms with Crippen molar-refractivity contribution in [2.75, 3.05) is 6.61 Å². The first-order chi connectivity index (χ1) is 8.69. The Bertz CT molecular complexity index is 534. The monoisotopic (exact) mass is 247 g/mol. The van der Waals surface area contributed by atoms with Gasteiger partial charge in [-0.05, 0) is 19.1 Å². The maximum atomic E-state index is 11.3. The summed E-state index contributed by atoms with van der Waals surface area (Å²) in [5, 5.41) is 13.2. The minimum atomic E-state index is -0.328. The second-order valence-corrected chi connectivity index (χ2v) is 3.63. The Morgan fingerprint density at radius 1 is 1.44 bits per heavy atom. The highest BCUT2D eigenvalue weighted by atomic mass is 16.5. The van der Waals surface area contributed by atoms with E-state index in [1.807, 2.05) is 0 Å². The molecule has 18 heavy (non-hydrogen) atoms. The van der Waals surface area contributed by atoms with Crippen LogP contribution in [0.4, 0.5) is 0 Å². The number of nitrogens with zero attached hydrogens (tertiary/aromatic N) is 3. The molecule has 0 saturated carbocycles. The second-order valence-electron chi connectivity index (χ2n) is 3.63. The lowest BCUT2D eigenvalue weighted by Gasteiger charge is -2.01. The van der Waals surface area contributed by atoms with Crippen molar-refractivity contribution in [3.05, 3.63) is 30.7 Å². The van der Waals surface area contributed by atoms with Gasteiger partial charge in [0, 0.05) is 11.8 Å². The second kappa shape index (κ2) is 5.31. The first-order valence-electron chi connectivity index (χ1n) is 5.52. The number of esters is 1. The predicted octanol–water partition coefficient (Wildman–Crippen LogP) is 1.21. The van der Waals surface area contributed by atoms with E-state index in [4.69, 9.17) is 9.84 Å². The van der Waals surface area contributed by atoms with Crippen LogP contribution in [-0.2, 0) is 16.1 Å². The number of aromatic hydroxyl groups is 1. The predicted molar refractivity (Wildman–Crippen MR) is 63.8 cm³/mol. The van der Waals surface area contributed by atoms with Crippen LogP contribution in [0.5, 0.6) is 5.75 Å². The van der Waals surface area contributed by atoms with Gasteiger partial charge in [-0.1, -0.05) is 0 Å². The third-order valence-electron chi connectivity index (χ3n) is 2.27. The molecule has 0 radical (unpaired) electrons. The van der Waals surface area contributed by atoms with Gasteiger partial charge in [-0.25, -0.2) is 0 Å². The lowest BCUT2D eigenvalue weighted by atomic mass is 10.2. The van der Waals surface area contributed by atoms with Crippen molar-refractivity contribution in [2.24, 2.45) is 0 Å². The molecule has 0 aromatic carbocycles. The average Bonchev–Trinajstić information content (AvgIpc) is 2.78. The summed E-state index contributed by atoms with van der Waals surface area (Å²) in [6.07, 6.45) is 4.67. The van der Waals surface area contributed by atoms with Crippen LogP contribution in [0.25, 0.3) is 11.3 Å². The molecular formula is C12H13N3O3. The highest BCUT2D eigenvalue weighted by molar-refractivity contribution is 5.69. The van der Waals surface area contributed by atoms with Gasteiger partial charge in [0.2, 0.25) is 0 Å². The van der Waals surface area contributed by atoms with Crippen LogP contribution < -0.4 is 0 Å². The molecule has 0 fully saturated rings. The van der Waals surface area contributed by atoms with E-state index in [9.17, 15) is 4.79 Å². The number of hydrogen-bond acceptors (Lipinski definition) is 5. The van der Waals surface area contributed by atoms with Gasteiger partial charge in [0.15, 0.2) is 0 Å². The van der Waals surface area contributed by atoms with Crippen LogP contribution in [-0.4, -0.2) is 32.4 Å². The van der Waals surface area contributed by atoms with E-state index in [1.165, 1.54) is 10.9 Å². The van der Waals surface area contributed by atoms with Gasteiger partial charge >= 0.3 is 5.97 Å². The molecule has 0 spiro atoms. The third-order valence-corrected chi connectivity index (χ3v) is 2.27. The van der Waals surface area contributed by atoms with E-state index in [1.54, 1.807) is 31.5 Å². The topological polar surface area (TPSA) is 77.2 Å². The normalized spacial score (nSPS) is 10.3. The number of pyridine rings is 1. The quantitative estimate of drug-likeness (QED) is 0.822. The zero-order chi connectivity index (χ0) is 13.0. The fraction of sp³-hybridized carbons (Fsp3) is 0.250. The van der Waals surface area contributed by atoms with Crippen molar-refractivity contribution in [1.82, 2.24) is 14.8 Å². The molecule has 0 unspecified atom stereocenters. The third kappa shape index (κ3) is 2.85. The molecule has 0 amide bonds. The zero-order valence-corrected chi connectivity index (χ0v) is 9.91. The fourth-order valence-corrected chi connectivity index (χ4v) is 1.48. The first kappa shape index (κ1) is 12.1. The van der Waals surface area contributed by atoms with Gasteiger partial charge in [0.1, 0.15) is 12.3 Å². The minimum Gasteiger partial charge on any atom is -0.506 e. The number of carbonyl (C=O) groups is 1. The van der Waals surface area contributed by atoms with Gasteiger partial charge in [-0.2, -0.15) is 5.10 Å². The van der Waals surface area contributed by atoms with Crippen LogP contribution in [0.3, 0.4) is 0 Å². The standard InChI is InChI=1S/C12H13N3O3/c1-2-18-12(17)8-15-7-9(5-14-15)11-4-3-10(16)6-13-11/h3-7,16H,2,8H2,1H3. The summed E-state index contributed by atoms with van der Waals surface area (Å²) in [6, 6.07) is 3.23. The van der Waals surface area contributed by atoms with Gasteiger partial charge in [-0.3, -0.25) is 14.5 Å². The van der Waals surface area contributed by atoms with Crippen molar-refractivity contribution in [3.8, 4) is 17.0 Å². The number of rotatable bonds is 4. The molecule has 2 aromatic rings. The highest BCUT2D eigenvalue weighted by Crippen LogP contribution is 2.17. The van der Waals surface area contributed by atoms with Crippen LogP contribution in [0, 0.1) is 0 Å². The van der Waals surface area contributed by atoms with Gasteiger partial charge < -0.3 is 9.84 Å². The molecule has 0 aliphatic rings. The number of aromatic nitrogens is 3. The smallest absolute Gasteiger partial charge is 0.327 e. The Kier molecular flexibility index (Phi) is 3.57. The van der Waals surface area contributed by atoms with Crippen LogP contribution in [0.1, 0.15) is 6.92 Å². The zero-order valence-electron chi connectivity index (χ0n) is 9.91.